The lowest BCUT2D eigenvalue weighted by molar-refractivity contribution is -0.118. The molecule has 114 valence electrons. The van der Waals surface area contributed by atoms with Crippen LogP contribution in [0, 0.1) is 0 Å². The molecule has 0 spiro atoms. The normalized spacial score (nSPS) is 17.0. The third-order valence-corrected chi connectivity index (χ3v) is 5.11. The van der Waals surface area contributed by atoms with Gasteiger partial charge in [-0.15, -0.1) is 11.8 Å². The molecule has 0 saturated heterocycles. The van der Waals surface area contributed by atoms with Crippen molar-refractivity contribution in [2.45, 2.75) is 24.3 Å². The van der Waals surface area contributed by atoms with Gasteiger partial charge in [0.15, 0.2) is 0 Å². The fraction of sp³-hybridized carbons (Fsp3) is 0.278. The van der Waals surface area contributed by atoms with Gasteiger partial charge in [0.2, 0.25) is 5.91 Å². The number of carbonyl (C=O) groups is 1. The van der Waals surface area contributed by atoms with Crippen LogP contribution in [-0.2, 0) is 11.2 Å². The van der Waals surface area contributed by atoms with Crippen molar-refractivity contribution in [3.63, 3.8) is 0 Å². The average Bonchev–Trinajstić information content (AvgIpc) is 2.54. The molecule has 3 nitrogen and oxygen atoms in total. The van der Waals surface area contributed by atoms with Gasteiger partial charge in [-0.1, -0.05) is 24.3 Å². The van der Waals surface area contributed by atoms with E-state index in [1.54, 1.807) is 7.11 Å². The van der Waals surface area contributed by atoms with E-state index in [0.29, 0.717) is 6.42 Å². The summed E-state index contributed by atoms with van der Waals surface area (Å²) in [4.78, 5) is 15.9. The highest BCUT2D eigenvalue weighted by molar-refractivity contribution is 7.99. The van der Waals surface area contributed by atoms with Gasteiger partial charge in [0.05, 0.1) is 19.2 Å². The molecule has 0 fully saturated rings. The maximum Gasteiger partial charge on any atom is 0.231 e. The second kappa shape index (κ2) is 6.44. The topological polar surface area (TPSA) is 29.5 Å². The van der Waals surface area contributed by atoms with Crippen LogP contribution < -0.4 is 9.64 Å². The lowest BCUT2D eigenvalue weighted by Crippen LogP contribution is -2.43. The maximum absolute atomic E-state index is 12.8. The third kappa shape index (κ3) is 2.97. The van der Waals surface area contributed by atoms with Crippen LogP contribution in [0.2, 0.25) is 0 Å². The number of ether oxygens (including phenoxy) is 1. The molecule has 1 aliphatic heterocycles. The van der Waals surface area contributed by atoms with Crippen LogP contribution in [0.4, 0.5) is 5.69 Å². The number of hydrogen-bond acceptors (Lipinski definition) is 3. The van der Waals surface area contributed by atoms with E-state index in [1.807, 2.05) is 59.1 Å². The highest BCUT2D eigenvalue weighted by Gasteiger charge is 2.28. The summed E-state index contributed by atoms with van der Waals surface area (Å²) in [5.41, 5.74) is 2.01. The van der Waals surface area contributed by atoms with Crippen molar-refractivity contribution in [3.8, 4) is 5.75 Å². The molecule has 1 amide bonds. The molecule has 1 heterocycles. The Morgan fingerprint density at radius 2 is 2.09 bits per heavy atom. The zero-order chi connectivity index (χ0) is 15.5. The van der Waals surface area contributed by atoms with Gasteiger partial charge >= 0.3 is 0 Å². The minimum atomic E-state index is 0.133. The second-order valence-electron chi connectivity index (χ2n) is 5.42. The monoisotopic (exact) mass is 313 g/mol. The molecule has 1 aliphatic rings. The summed E-state index contributed by atoms with van der Waals surface area (Å²) in [6, 6.07) is 16.0. The van der Waals surface area contributed by atoms with Crippen LogP contribution in [0.15, 0.2) is 53.4 Å². The first-order chi connectivity index (χ1) is 10.7. The van der Waals surface area contributed by atoms with Gasteiger partial charge in [-0.25, -0.2) is 0 Å². The Morgan fingerprint density at radius 1 is 1.27 bits per heavy atom. The van der Waals surface area contributed by atoms with Crippen LogP contribution in [-0.4, -0.2) is 24.8 Å². The number of methoxy groups -OCH3 is 1. The number of thioether (sulfide) groups is 1. The lowest BCUT2D eigenvalue weighted by atomic mass is 10.1. The molecule has 4 heteroatoms. The number of fused-ring (bicyclic) bond motifs is 1. The lowest BCUT2D eigenvalue weighted by Gasteiger charge is -2.35. The smallest absolute Gasteiger partial charge is 0.231 e. The Bertz CT molecular complexity index is 686. The Kier molecular flexibility index (Phi) is 4.39. The molecular formula is C18H19NO2S. The molecule has 0 radical (unpaired) electrons. The first-order valence-corrected chi connectivity index (χ1v) is 8.34. The maximum atomic E-state index is 12.8. The molecule has 1 unspecified atom stereocenters. The van der Waals surface area contributed by atoms with Gasteiger partial charge in [-0.05, 0) is 36.8 Å². The summed E-state index contributed by atoms with van der Waals surface area (Å²) in [7, 11) is 1.64. The zero-order valence-corrected chi connectivity index (χ0v) is 13.6. The average molecular weight is 313 g/mol. The molecule has 2 aromatic carbocycles. The van der Waals surface area contributed by atoms with E-state index < -0.39 is 0 Å². The van der Waals surface area contributed by atoms with Gasteiger partial charge in [0.25, 0.3) is 0 Å². The Labute approximate surface area is 135 Å². The second-order valence-corrected chi connectivity index (χ2v) is 6.48. The molecular weight excluding hydrogens is 294 g/mol. The quantitative estimate of drug-likeness (QED) is 0.864. The van der Waals surface area contributed by atoms with Crippen LogP contribution in [0.25, 0.3) is 0 Å². The van der Waals surface area contributed by atoms with E-state index in [4.69, 9.17) is 4.74 Å². The number of rotatable bonds is 3. The summed E-state index contributed by atoms with van der Waals surface area (Å²) < 4.78 is 5.23. The third-order valence-electron chi connectivity index (χ3n) is 3.80. The van der Waals surface area contributed by atoms with E-state index in [9.17, 15) is 4.79 Å². The number of amides is 1. The van der Waals surface area contributed by atoms with Gasteiger partial charge in [0.1, 0.15) is 5.75 Å². The highest BCUT2D eigenvalue weighted by atomic mass is 32.2. The molecule has 3 rings (SSSR count). The number of anilines is 1. The van der Waals surface area contributed by atoms with Crippen LogP contribution in [0.1, 0.15) is 12.5 Å². The number of nitrogens with zero attached hydrogens (tertiary/aromatic N) is 1. The van der Waals surface area contributed by atoms with Crippen molar-refractivity contribution in [2.75, 3.05) is 17.8 Å². The SMILES string of the molecule is COc1cccc(CC(=O)N2c3ccccc3SCC2C)c1. The van der Waals surface area contributed by atoms with Gasteiger partial charge in [-0.3, -0.25) is 4.79 Å². The minimum Gasteiger partial charge on any atom is -0.497 e. The van der Waals surface area contributed by atoms with Crippen molar-refractivity contribution in [3.05, 3.63) is 54.1 Å². The largest absolute Gasteiger partial charge is 0.497 e. The van der Waals surface area contributed by atoms with E-state index in [2.05, 4.69) is 13.0 Å². The first-order valence-electron chi connectivity index (χ1n) is 7.36. The van der Waals surface area contributed by atoms with Crippen LogP contribution in [0.5, 0.6) is 5.75 Å². The van der Waals surface area contributed by atoms with Gasteiger partial charge in [0, 0.05) is 16.7 Å². The predicted octanol–water partition coefficient (Wildman–Crippen LogP) is 3.77. The van der Waals surface area contributed by atoms with E-state index in [-0.39, 0.29) is 11.9 Å². The summed E-state index contributed by atoms with van der Waals surface area (Å²) in [6.07, 6.45) is 0.389. The molecule has 2 aromatic rings. The number of hydrogen-bond donors (Lipinski definition) is 0. The van der Waals surface area contributed by atoms with E-state index >= 15 is 0 Å². The minimum absolute atomic E-state index is 0.133. The molecule has 0 aromatic heterocycles. The van der Waals surface area contributed by atoms with Crippen molar-refractivity contribution in [1.82, 2.24) is 0 Å². The molecule has 0 saturated carbocycles. The van der Waals surface area contributed by atoms with Crippen LogP contribution in [0.3, 0.4) is 0 Å². The molecule has 1 atom stereocenters. The summed E-state index contributed by atoms with van der Waals surface area (Å²) in [6.45, 7) is 2.10. The Hall–Kier alpha value is -1.94. The van der Waals surface area contributed by atoms with Crippen molar-refractivity contribution in [1.29, 1.82) is 0 Å². The first kappa shape index (κ1) is 15.0. The van der Waals surface area contributed by atoms with Gasteiger partial charge in [-0.2, -0.15) is 0 Å². The zero-order valence-electron chi connectivity index (χ0n) is 12.8. The van der Waals surface area contributed by atoms with Crippen molar-refractivity contribution >= 4 is 23.4 Å². The summed E-state index contributed by atoms with van der Waals surface area (Å²) in [5, 5.41) is 0. The van der Waals surface area contributed by atoms with Crippen molar-refractivity contribution in [2.24, 2.45) is 0 Å². The standard InChI is InChI=1S/C18H19NO2S/c1-13-12-22-17-9-4-3-8-16(17)19(13)18(20)11-14-6-5-7-15(10-14)21-2/h3-10,13H,11-12H2,1-2H3. The molecule has 0 N–H and O–H groups in total. The van der Waals surface area contributed by atoms with Gasteiger partial charge < -0.3 is 9.64 Å². The highest BCUT2D eigenvalue weighted by Crippen LogP contribution is 2.37. The van der Waals surface area contributed by atoms with Crippen molar-refractivity contribution < 1.29 is 9.53 Å². The Balaban J connectivity index is 1.85. The number of benzene rings is 2. The molecule has 22 heavy (non-hydrogen) atoms. The van der Waals surface area contributed by atoms with E-state index in [1.165, 1.54) is 4.90 Å². The van der Waals surface area contributed by atoms with Crippen LogP contribution >= 0.6 is 11.8 Å². The fourth-order valence-corrected chi connectivity index (χ4v) is 3.78. The summed E-state index contributed by atoms with van der Waals surface area (Å²) >= 11 is 1.82. The number of para-hydroxylation sites is 1. The summed E-state index contributed by atoms with van der Waals surface area (Å²) in [5.74, 6) is 1.85. The number of carbonyl (C=O) groups excluding carboxylic acids is 1. The molecule has 0 bridgehead atoms. The predicted molar refractivity (Wildman–Crippen MR) is 90.8 cm³/mol. The Morgan fingerprint density at radius 3 is 2.91 bits per heavy atom. The van der Waals surface area contributed by atoms with E-state index in [0.717, 1.165) is 22.8 Å². The fourth-order valence-electron chi connectivity index (χ4n) is 2.72. The molecule has 0 aliphatic carbocycles.